The van der Waals surface area contributed by atoms with Gasteiger partial charge < -0.3 is 15.2 Å². The Morgan fingerprint density at radius 3 is 2.62 bits per heavy atom. The highest BCUT2D eigenvalue weighted by molar-refractivity contribution is 8.00. The Morgan fingerprint density at radius 2 is 1.97 bits per heavy atom. The minimum Gasteiger partial charge on any atom is -0.477 e. The lowest BCUT2D eigenvalue weighted by Crippen LogP contribution is -2.70. The van der Waals surface area contributed by atoms with E-state index in [1.165, 1.54) is 28.0 Å². The quantitative estimate of drug-likeness (QED) is 0.470. The molecule has 1 aromatic carbocycles. The predicted molar refractivity (Wildman–Crippen MR) is 119 cm³/mol. The lowest BCUT2D eigenvalue weighted by molar-refractivity contribution is -0.150. The zero-order valence-corrected chi connectivity index (χ0v) is 18.7. The summed E-state index contributed by atoms with van der Waals surface area (Å²) >= 11 is 2.79. The molecule has 32 heavy (non-hydrogen) atoms. The Bertz CT molecular complexity index is 1080. The van der Waals surface area contributed by atoms with Crippen molar-refractivity contribution in [3.8, 4) is 0 Å². The van der Waals surface area contributed by atoms with Gasteiger partial charge in [-0.1, -0.05) is 24.3 Å². The van der Waals surface area contributed by atoms with Crippen LogP contribution in [0.15, 0.2) is 59.1 Å². The third-order valence-corrected chi connectivity index (χ3v) is 7.39. The minimum absolute atomic E-state index is 0.165. The number of hydrogen-bond donors (Lipinski definition) is 2. The van der Waals surface area contributed by atoms with E-state index in [-0.39, 0.29) is 23.8 Å². The molecule has 2 N–H and O–H groups in total. The third-order valence-electron chi connectivity index (χ3n) is 5.22. The summed E-state index contributed by atoms with van der Waals surface area (Å²) in [5.41, 5.74) is 0.516. The summed E-state index contributed by atoms with van der Waals surface area (Å²) in [6.45, 7) is 1.59. The zero-order valence-electron chi connectivity index (χ0n) is 17.0. The highest BCUT2D eigenvalue weighted by atomic mass is 32.2. The van der Waals surface area contributed by atoms with Gasteiger partial charge in [-0.25, -0.2) is 9.59 Å². The second-order valence-electron chi connectivity index (χ2n) is 7.30. The number of benzene rings is 1. The van der Waals surface area contributed by atoms with E-state index in [0.717, 1.165) is 4.88 Å². The molecule has 1 saturated heterocycles. The van der Waals surface area contributed by atoms with Crippen molar-refractivity contribution in [3.05, 3.63) is 69.6 Å². The van der Waals surface area contributed by atoms with Crippen molar-refractivity contribution < 1.29 is 29.0 Å². The number of rotatable bonds is 7. The largest absolute Gasteiger partial charge is 0.477 e. The maximum atomic E-state index is 12.8. The van der Waals surface area contributed by atoms with Crippen LogP contribution in [0, 0.1) is 0 Å². The van der Waals surface area contributed by atoms with Crippen LogP contribution >= 0.6 is 23.1 Å². The molecule has 2 aromatic rings. The molecule has 0 radical (unpaired) electrons. The number of aliphatic carboxylic acids is 1. The van der Waals surface area contributed by atoms with E-state index in [1.54, 1.807) is 37.3 Å². The van der Waals surface area contributed by atoms with Crippen molar-refractivity contribution in [1.82, 2.24) is 10.2 Å². The molecular formula is C22H20N2O6S2. The topological polar surface area (TPSA) is 113 Å². The maximum absolute atomic E-state index is 12.8. The smallest absolute Gasteiger partial charge is 0.352 e. The van der Waals surface area contributed by atoms with Crippen molar-refractivity contribution in [2.75, 3.05) is 5.75 Å². The van der Waals surface area contributed by atoms with Crippen LogP contribution in [-0.2, 0) is 25.5 Å². The molecular weight excluding hydrogens is 452 g/mol. The molecule has 2 amide bonds. The zero-order chi connectivity index (χ0) is 22.8. The van der Waals surface area contributed by atoms with Gasteiger partial charge in [0.15, 0.2) is 0 Å². The van der Waals surface area contributed by atoms with Crippen molar-refractivity contribution in [2.24, 2.45) is 0 Å². The fourth-order valence-electron chi connectivity index (χ4n) is 3.62. The monoisotopic (exact) mass is 472 g/mol. The van der Waals surface area contributed by atoms with Gasteiger partial charge in [0, 0.05) is 16.2 Å². The fourth-order valence-corrected chi connectivity index (χ4v) is 5.78. The van der Waals surface area contributed by atoms with Gasteiger partial charge in [-0.2, -0.15) is 0 Å². The van der Waals surface area contributed by atoms with E-state index in [1.807, 2.05) is 17.5 Å². The van der Waals surface area contributed by atoms with E-state index < -0.39 is 35.4 Å². The molecule has 0 bridgehead atoms. The van der Waals surface area contributed by atoms with Gasteiger partial charge in [-0.05, 0) is 30.5 Å². The lowest BCUT2D eigenvalue weighted by Gasteiger charge is -2.49. The number of amides is 2. The number of esters is 1. The van der Waals surface area contributed by atoms with Crippen LogP contribution in [0.3, 0.4) is 0 Å². The molecule has 166 valence electrons. The Hall–Kier alpha value is -3.11. The molecule has 2 aliphatic rings. The van der Waals surface area contributed by atoms with Crippen LogP contribution in [0.1, 0.15) is 22.2 Å². The SMILES string of the molecule is CC(OC(=O)c1ccccc1)C1=C(C(=O)O)N2C(=O)C(NC(=O)Cc3cccs3)[C@H]2SC1. The van der Waals surface area contributed by atoms with Gasteiger partial charge in [0.25, 0.3) is 5.91 Å². The fraction of sp³-hybridized carbons (Fsp3) is 0.273. The van der Waals surface area contributed by atoms with Gasteiger partial charge in [0.1, 0.15) is 23.2 Å². The molecule has 0 saturated carbocycles. The molecule has 3 atom stereocenters. The summed E-state index contributed by atoms with van der Waals surface area (Å²) in [5, 5.41) is 13.9. The molecule has 2 unspecified atom stereocenters. The number of carboxylic acid groups (broad SMARTS) is 1. The number of nitrogens with one attached hydrogen (secondary N) is 1. The predicted octanol–water partition coefficient (Wildman–Crippen LogP) is 2.27. The Morgan fingerprint density at radius 1 is 1.22 bits per heavy atom. The van der Waals surface area contributed by atoms with Gasteiger partial charge in [-0.15, -0.1) is 23.1 Å². The maximum Gasteiger partial charge on any atom is 0.352 e. The summed E-state index contributed by atoms with van der Waals surface area (Å²) in [5.74, 6) is -2.36. The van der Waals surface area contributed by atoms with E-state index in [2.05, 4.69) is 5.32 Å². The highest BCUT2D eigenvalue weighted by Crippen LogP contribution is 2.41. The minimum atomic E-state index is -1.27. The number of thiophene rings is 1. The highest BCUT2D eigenvalue weighted by Gasteiger charge is 2.54. The van der Waals surface area contributed by atoms with Gasteiger partial charge >= 0.3 is 11.9 Å². The summed E-state index contributed by atoms with van der Waals surface area (Å²) < 4.78 is 5.47. The second kappa shape index (κ2) is 9.17. The molecule has 0 spiro atoms. The average Bonchev–Trinajstić information content (AvgIpc) is 3.29. The number of carboxylic acids is 1. The number of fused-ring (bicyclic) bond motifs is 1. The number of thioether (sulfide) groups is 1. The van der Waals surface area contributed by atoms with Crippen LogP contribution in [0.5, 0.6) is 0 Å². The van der Waals surface area contributed by atoms with Gasteiger partial charge in [0.2, 0.25) is 5.91 Å². The Kier molecular flexibility index (Phi) is 6.33. The normalized spacial score (nSPS) is 20.8. The summed E-state index contributed by atoms with van der Waals surface area (Å²) in [6.07, 6.45) is -0.666. The number of carbonyl (C=O) groups excluding carboxylic acids is 3. The Balaban J connectivity index is 1.47. The van der Waals surface area contributed by atoms with Crippen molar-refractivity contribution in [2.45, 2.75) is 30.9 Å². The van der Waals surface area contributed by atoms with E-state index in [4.69, 9.17) is 4.74 Å². The number of nitrogens with zero attached hydrogens (tertiary/aromatic N) is 1. The van der Waals surface area contributed by atoms with Crippen LogP contribution in [0.25, 0.3) is 0 Å². The van der Waals surface area contributed by atoms with Crippen molar-refractivity contribution >= 4 is 46.9 Å². The third kappa shape index (κ3) is 4.28. The van der Waals surface area contributed by atoms with Gasteiger partial charge in [0.05, 0.1) is 12.0 Å². The van der Waals surface area contributed by atoms with E-state index >= 15 is 0 Å². The molecule has 10 heteroatoms. The summed E-state index contributed by atoms with van der Waals surface area (Å²) in [7, 11) is 0. The summed E-state index contributed by atoms with van der Waals surface area (Å²) in [4.78, 5) is 51.5. The standard InChI is InChI=1S/C22H20N2O6S2/c1-12(30-22(29)13-6-3-2-4-7-13)15-11-32-20-17(19(26)24(20)18(15)21(27)28)23-16(25)10-14-8-5-9-31-14/h2-9,12,17,20H,10-11H2,1H3,(H,23,25)(H,27,28)/t12?,17?,20-/m1/s1. The molecule has 8 nitrogen and oxygen atoms in total. The van der Waals surface area contributed by atoms with Crippen molar-refractivity contribution in [1.29, 1.82) is 0 Å². The van der Waals surface area contributed by atoms with E-state index in [0.29, 0.717) is 11.1 Å². The van der Waals surface area contributed by atoms with Crippen molar-refractivity contribution in [3.63, 3.8) is 0 Å². The number of hydrogen-bond acceptors (Lipinski definition) is 7. The first kappa shape index (κ1) is 22.1. The molecule has 3 heterocycles. The van der Waals surface area contributed by atoms with Gasteiger partial charge in [-0.3, -0.25) is 14.5 Å². The molecule has 0 aliphatic carbocycles. The van der Waals surface area contributed by atoms with Crippen LogP contribution in [0.4, 0.5) is 0 Å². The first-order valence-corrected chi connectivity index (χ1v) is 11.8. The number of ether oxygens (including phenoxy) is 1. The second-order valence-corrected chi connectivity index (χ2v) is 9.44. The number of carbonyl (C=O) groups is 4. The first-order chi connectivity index (χ1) is 15.4. The Labute approximate surface area is 192 Å². The molecule has 1 aromatic heterocycles. The summed E-state index contributed by atoms with van der Waals surface area (Å²) in [6, 6.07) is 11.3. The van der Waals surface area contributed by atoms with Crippen LogP contribution < -0.4 is 5.32 Å². The first-order valence-electron chi connectivity index (χ1n) is 9.85. The van der Waals surface area contributed by atoms with E-state index in [9.17, 15) is 24.3 Å². The lowest BCUT2D eigenvalue weighted by atomic mass is 10.0. The molecule has 2 aliphatic heterocycles. The molecule has 1 fully saturated rings. The van der Waals surface area contributed by atoms with Crippen LogP contribution in [0.2, 0.25) is 0 Å². The van der Waals surface area contributed by atoms with Crippen LogP contribution in [-0.4, -0.2) is 57.0 Å². The number of β-lactam (4-membered cyclic amide) rings is 1. The average molecular weight is 473 g/mol. The molecule has 4 rings (SSSR count).